The maximum Gasteiger partial charge on any atom is 0.179 e. The number of aromatic amines is 1. The smallest absolute Gasteiger partial charge is 0.179 e. The number of rotatable bonds is 4. The second-order valence-electron chi connectivity index (χ2n) is 8.60. The van der Waals surface area contributed by atoms with Gasteiger partial charge in [-0.15, -0.1) is 10.2 Å². The van der Waals surface area contributed by atoms with Gasteiger partial charge < -0.3 is 4.98 Å². The molecular weight excluding hydrogens is 350 g/mol. The molecule has 5 rings (SSSR count). The molecular formula is C18H23N5O2S. The maximum absolute atomic E-state index is 12.5. The molecule has 0 amide bonds. The number of sulfone groups is 1. The maximum atomic E-state index is 12.5. The number of aromatic nitrogens is 5. The van der Waals surface area contributed by atoms with Gasteiger partial charge in [-0.05, 0) is 43.1 Å². The Bertz CT molecular complexity index is 1090. The van der Waals surface area contributed by atoms with Crippen LogP contribution in [0.3, 0.4) is 0 Å². The van der Waals surface area contributed by atoms with Gasteiger partial charge in [-0.1, -0.05) is 13.8 Å². The normalized spacial score (nSPS) is 26.1. The van der Waals surface area contributed by atoms with Crippen molar-refractivity contribution in [3.8, 4) is 0 Å². The number of nitrogens with one attached hydrogen (secondary N) is 1. The van der Waals surface area contributed by atoms with Gasteiger partial charge in [-0.2, -0.15) is 0 Å². The van der Waals surface area contributed by atoms with Crippen molar-refractivity contribution < 1.29 is 8.42 Å². The quantitative estimate of drug-likeness (QED) is 0.759. The van der Waals surface area contributed by atoms with Gasteiger partial charge in [0.2, 0.25) is 0 Å². The first-order chi connectivity index (χ1) is 12.4. The molecule has 2 atom stereocenters. The van der Waals surface area contributed by atoms with Gasteiger partial charge in [0, 0.05) is 12.1 Å². The van der Waals surface area contributed by atoms with E-state index in [0.717, 1.165) is 48.3 Å². The van der Waals surface area contributed by atoms with Gasteiger partial charge >= 0.3 is 0 Å². The number of hydrogen-bond donors (Lipinski definition) is 1. The van der Waals surface area contributed by atoms with Crippen LogP contribution in [0.15, 0.2) is 18.5 Å². The van der Waals surface area contributed by atoms with E-state index < -0.39 is 9.84 Å². The Morgan fingerprint density at radius 2 is 2.12 bits per heavy atom. The SMILES string of the molecule is CC1(C)C[C@@H](CS(=O)(=O)C2CC2)C[C@@H]1c1nnc2cnc3[nH]ccc3n12. The predicted octanol–water partition coefficient (Wildman–Crippen LogP) is 2.70. The molecule has 138 valence electrons. The van der Waals surface area contributed by atoms with Gasteiger partial charge in [0.05, 0.1) is 22.7 Å². The number of hydrogen-bond acceptors (Lipinski definition) is 5. The minimum atomic E-state index is -2.94. The highest BCUT2D eigenvalue weighted by atomic mass is 32.2. The van der Waals surface area contributed by atoms with Crippen molar-refractivity contribution in [3.05, 3.63) is 24.3 Å². The summed E-state index contributed by atoms with van der Waals surface area (Å²) in [5.41, 5.74) is 2.49. The third-order valence-electron chi connectivity index (χ3n) is 6.11. The van der Waals surface area contributed by atoms with Gasteiger partial charge in [-0.25, -0.2) is 13.4 Å². The Kier molecular flexibility index (Phi) is 3.30. The molecule has 3 aromatic heterocycles. The molecule has 3 aromatic rings. The summed E-state index contributed by atoms with van der Waals surface area (Å²) in [5.74, 6) is 1.60. The van der Waals surface area contributed by atoms with Crippen molar-refractivity contribution in [2.24, 2.45) is 11.3 Å². The Balaban J connectivity index is 1.53. The topological polar surface area (TPSA) is 93.0 Å². The van der Waals surface area contributed by atoms with Crippen molar-refractivity contribution in [2.75, 3.05) is 5.75 Å². The molecule has 8 heteroatoms. The molecule has 2 aliphatic rings. The molecule has 0 unspecified atom stereocenters. The van der Waals surface area contributed by atoms with Crippen LogP contribution in [0, 0.1) is 11.3 Å². The van der Waals surface area contributed by atoms with Crippen LogP contribution in [0.5, 0.6) is 0 Å². The van der Waals surface area contributed by atoms with E-state index in [2.05, 4.69) is 38.4 Å². The van der Waals surface area contributed by atoms with E-state index in [1.807, 2.05) is 12.3 Å². The van der Waals surface area contributed by atoms with Crippen LogP contribution >= 0.6 is 0 Å². The highest BCUT2D eigenvalue weighted by molar-refractivity contribution is 7.92. The van der Waals surface area contributed by atoms with Gasteiger partial charge in [0.15, 0.2) is 21.1 Å². The van der Waals surface area contributed by atoms with Crippen molar-refractivity contribution in [1.82, 2.24) is 24.6 Å². The highest BCUT2D eigenvalue weighted by Crippen LogP contribution is 2.52. The van der Waals surface area contributed by atoms with E-state index in [1.165, 1.54) is 0 Å². The van der Waals surface area contributed by atoms with E-state index in [9.17, 15) is 8.42 Å². The molecule has 7 nitrogen and oxygen atoms in total. The van der Waals surface area contributed by atoms with Crippen LogP contribution in [0.1, 0.15) is 51.3 Å². The van der Waals surface area contributed by atoms with Crippen molar-refractivity contribution in [2.45, 2.75) is 50.7 Å². The molecule has 2 aliphatic carbocycles. The monoisotopic (exact) mass is 373 g/mol. The fourth-order valence-corrected chi connectivity index (χ4v) is 6.76. The summed E-state index contributed by atoms with van der Waals surface area (Å²) in [7, 11) is -2.94. The first kappa shape index (κ1) is 16.2. The van der Waals surface area contributed by atoms with Gasteiger partial charge in [-0.3, -0.25) is 4.40 Å². The van der Waals surface area contributed by atoms with Crippen molar-refractivity contribution in [1.29, 1.82) is 0 Å². The fraction of sp³-hybridized carbons (Fsp3) is 0.611. The van der Waals surface area contributed by atoms with Crippen LogP contribution in [-0.4, -0.2) is 44.0 Å². The molecule has 0 aromatic carbocycles. The molecule has 0 radical (unpaired) electrons. The van der Waals surface area contributed by atoms with E-state index in [4.69, 9.17) is 0 Å². The summed E-state index contributed by atoms with van der Waals surface area (Å²) < 4.78 is 27.0. The standard InChI is InChI=1S/C18H23N5O2S/c1-18(2)8-11(10-26(24,25)12-3-4-12)7-13(18)17-22-21-15-9-20-16-14(23(15)17)5-6-19-16/h5-6,9,11-13,19H,3-4,7-8,10H2,1-2H3/t11-,13+/m0/s1. The van der Waals surface area contributed by atoms with Crippen LogP contribution < -0.4 is 0 Å². The Morgan fingerprint density at radius 1 is 1.31 bits per heavy atom. The Hall–Kier alpha value is -1.96. The van der Waals surface area contributed by atoms with Crippen LogP contribution in [0.4, 0.5) is 0 Å². The lowest BCUT2D eigenvalue weighted by atomic mass is 9.81. The third-order valence-corrected chi connectivity index (χ3v) is 8.53. The molecule has 2 fully saturated rings. The lowest BCUT2D eigenvalue weighted by Gasteiger charge is -2.25. The third kappa shape index (κ3) is 2.46. The van der Waals surface area contributed by atoms with Crippen LogP contribution in [0.25, 0.3) is 16.8 Å². The molecule has 26 heavy (non-hydrogen) atoms. The number of H-pyrrole nitrogens is 1. The molecule has 3 heterocycles. The second-order valence-corrected chi connectivity index (χ2v) is 10.9. The first-order valence-corrected chi connectivity index (χ1v) is 11.0. The Morgan fingerprint density at radius 3 is 2.88 bits per heavy atom. The minimum Gasteiger partial charge on any atom is -0.345 e. The first-order valence-electron chi connectivity index (χ1n) is 9.24. The van der Waals surface area contributed by atoms with E-state index in [0.29, 0.717) is 5.75 Å². The summed E-state index contributed by atoms with van der Waals surface area (Å²) in [6.45, 7) is 4.44. The average molecular weight is 373 g/mol. The van der Waals surface area contributed by atoms with Crippen LogP contribution in [-0.2, 0) is 9.84 Å². The van der Waals surface area contributed by atoms with Crippen LogP contribution in [0.2, 0.25) is 0 Å². The molecule has 1 N–H and O–H groups in total. The summed E-state index contributed by atoms with van der Waals surface area (Å²) in [5, 5.41) is 8.73. The zero-order valence-corrected chi connectivity index (χ0v) is 15.8. The zero-order valence-electron chi connectivity index (χ0n) is 15.0. The van der Waals surface area contributed by atoms with Crippen molar-refractivity contribution in [3.63, 3.8) is 0 Å². The second kappa shape index (κ2) is 5.28. The molecule has 0 saturated heterocycles. The van der Waals surface area contributed by atoms with Gasteiger partial charge in [0.25, 0.3) is 0 Å². The lowest BCUT2D eigenvalue weighted by Crippen LogP contribution is -2.19. The fourth-order valence-electron chi connectivity index (χ4n) is 4.72. The summed E-state index contributed by atoms with van der Waals surface area (Å²) in [6.07, 6.45) is 7.02. The molecule has 2 saturated carbocycles. The summed E-state index contributed by atoms with van der Waals surface area (Å²) in [6, 6.07) is 1.99. The number of nitrogens with zero attached hydrogens (tertiary/aromatic N) is 4. The minimum absolute atomic E-state index is 0.0153. The number of fused-ring (bicyclic) bond motifs is 3. The highest BCUT2D eigenvalue weighted by Gasteiger charge is 2.46. The average Bonchev–Trinajstić information content (AvgIpc) is 3.07. The largest absolute Gasteiger partial charge is 0.345 e. The molecule has 0 aliphatic heterocycles. The summed E-state index contributed by atoms with van der Waals surface area (Å²) in [4.78, 5) is 7.51. The zero-order chi connectivity index (χ0) is 18.1. The van der Waals surface area contributed by atoms with Crippen molar-refractivity contribution >= 4 is 26.6 Å². The molecule has 0 bridgehead atoms. The lowest BCUT2D eigenvalue weighted by molar-refractivity contribution is 0.316. The summed E-state index contributed by atoms with van der Waals surface area (Å²) >= 11 is 0. The van der Waals surface area contributed by atoms with E-state index in [-0.39, 0.29) is 22.5 Å². The van der Waals surface area contributed by atoms with E-state index >= 15 is 0 Å². The predicted molar refractivity (Wildman–Crippen MR) is 98.7 cm³/mol. The van der Waals surface area contributed by atoms with Gasteiger partial charge in [0.1, 0.15) is 5.82 Å². The Labute approximate surface area is 152 Å². The van der Waals surface area contributed by atoms with E-state index in [1.54, 1.807) is 6.20 Å². The molecule has 0 spiro atoms.